The molecule has 0 radical (unpaired) electrons. The van der Waals surface area contributed by atoms with Gasteiger partial charge in [0.25, 0.3) is 0 Å². The number of aromatic nitrogens is 2. The van der Waals surface area contributed by atoms with Gasteiger partial charge in [-0.15, -0.1) is 0 Å². The van der Waals surface area contributed by atoms with E-state index in [2.05, 4.69) is 15.5 Å². The largest absolute Gasteiger partial charge is 0.461 e. The molecule has 0 aliphatic carbocycles. The maximum atomic E-state index is 11.8. The average Bonchev–Trinajstić information content (AvgIpc) is 3.12. The summed E-state index contributed by atoms with van der Waals surface area (Å²) in [6.07, 6.45) is 2.50. The normalized spacial score (nSPS) is 13.8. The average molecular weight is 307 g/mol. The number of hydrogen-bond donors (Lipinski definition) is 2. The number of rotatable bonds is 8. The Labute approximate surface area is 128 Å². The zero-order valence-electron chi connectivity index (χ0n) is 12.8. The molecular formula is C15H21N3O4. The van der Waals surface area contributed by atoms with Gasteiger partial charge in [-0.2, -0.15) is 4.98 Å². The molecule has 0 aliphatic heterocycles. The third kappa shape index (κ3) is 5.00. The number of furan rings is 1. The molecule has 0 aromatic carbocycles. The maximum absolute atomic E-state index is 11.8. The maximum Gasteiger partial charge on any atom is 0.238 e. The van der Waals surface area contributed by atoms with Crippen LogP contribution in [0, 0.1) is 5.92 Å². The molecule has 2 atom stereocenters. The van der Waals surface area contributed by atoms with Crippen LogP contribution in [0.25, 0.3) is 11.6 Å². The number of amides is 1. The Morgan fingerprint density at radius 1 is 1.45 bits per heavy atom. The van der Waals surface area contributed by atoms with E-state index in [1.807, 2.05) is 6.92 Å². The minimum atomic E-state index is -0.356. The van der Waals surface area contributed by atoms with Crippen LogP contribution in [-0.4, -0.2) is 33.8 Å². The molecule has 120 valence electrons. The van der Waals surface area contributed by atoms with E-state index < -0.39 is 0 Å². The highest BCUT2D eigenvalue weighted by Gasteiger charge is 2.13. The first-order valence-corrected chi connectivity index (χ1v) is 7.36. The van der Waals surface area contributed by atoms with Crippen molar-refractivity contribution in [1.29, 1.82) is 0 Å². The van der Waals surface area contributed by atoms with Crippen LogP contribution in [0.1, 0.15) is 32.6 Å². The highest BCUT2D eigenvalue weighted by atomic mass is 16.5. The zero-order chi connectivity index (χ0) is 15.9. The van der Waals surface area contributed by atoms with Crippen molar-refractivity contribution in [3.8, 4) is 11.6 Å². The lowest BCUT2D eigenvalue weighted by atomic mass is 10.0. The van der Waals surface area contributed by atoms with Crippen molar-refractivity contribution >= 4 is 5.91 Å². The minimum absolute atomic E-state index is 0.0739. The van der Waals surface area contributed by atoms with Crippen molar-refractivity contribution in [3.63, 3.8) is 0 Å². The van der Waals surface area contributed by atoms with Crippen LogP contribution in [0.3, 0.4) is 0 Å². The highest BCUT2D eigenvalue weighted by Crippen LogP contribution is 2.16. The highest BCUT2D eigenvalue weighted by molar-refractivity contribution is 5.76. The monoisotopic (exact) mass is 307 g/mol. The van der Waals surface area contributed by atoms with Crippen LogP contribution in [0.5, 0.6) is 0 Å². The van der Waals surface area contributed by atoms with E-state index in [1.165, 1.54) is 6.26 Å². The quantitative estimate of drug-likeness (QED) is 0.771. The molecular weight excluding hydrogens is 286 g/mol. The zero-order valence-corrected chi connectivity index (χ0v) is 12.8. The van der Waals surface area contributed by atoms with Crippen LogP contribution in [0.15, 0.2) is 27.3 Å². The molecule has 0 unspecified atom stereocenters. The lowest BCUT2D eigenvalue weighted by Gasteiger charge is -2.13. The molecule has 7 heteroatoms. The van der Waals surface area contributed by atoms with Crippen LogP contribution >= 0.6 is 0 Å². The Morgan fingerprint density at radius 2 is 2.27 bits per heavy atom. The minimum Gasteiger partial charge on any atom is -0.461 e. The van der Waals surface area contributed by atoms with E-state index >= 15 is 0 Å². The molecule has 7 nitrogen and oxygen atoms in total. The van der Waals surface area contributed by atoms with Gasteiger partial charge in [-0.25, -0.2) is 0 Å². The summed E-state index contributed by atoms with van der Waals surface area (Å²) in [5, 5.41) is 15.9. The lowest BCUT2D eigenvalue weighted by molar-refractivity contribution is -0.121. The smallest absolute Gasteiger partial charge is 0.238 e. The molecule has 2 aromatic rings. The Hall–Kier alpha value is -2.15. The second-order valence-corrected chi connectivity index (χ2v) is 5.48. The SMILES string of the molecule is C[C@H](CNC(=O)CCc1nc(-c2ccco2)no1)C[C@@H](C)O. The predicted octanol–water partition coefficient (Wildman–Crippen LogP) is 1.79. The number of nitrogens with zero attached hydrogens (tertiary/aromatic N) is 2. The molecule has 0 aliphatic rings. The molecule has 0 fully saturated rings. The van der Waals surface area contributed by atoms with Crippen LogP contribution in [-0.2, 0) is 11.2 Å². The molecule has 2 heterocycles. The van der Waals surface area contributed by atoms with Gasteiger partial charge in [0.15, 0.2) is 5.76 Å². The topological polar surface area (TPSA) is 101 Å². The Bertz CT molecular complexity index is 577. The first-order valence-electron chi connectivity index (χ1n) is 7.36. The molecule has 0 saturated heterocycles. The number of nitrogens with one attached hydrogen (secondary N) is 1. The van der Waals surface area contributed by atoms with Crippen molar-refractivity contribution in [2.45, 2.75) is 39.2 Å². The Kier molecular flexibility index (Phi) is 5.71. The van der Waals surface area contributed by atoms with E-state index in [9.17, 15) is 9.90 Å². The predicted molar refractivity (Wildman–Crippen MR) is 78.8 cm³/mol. The summed E-state index contributed by atoms with van der Waals surface area (Å²) in [6, 6.07) is 3.48. The molecule has 2 N–H and O–H groups in total. The van der Waals surface area contributed by atoms with Crippen molar-refractivity contribution in [1.82, 2.24) is 15.5 Å². The number of carbonyl (C=O) groups excluding carboxylic acids is 1. The number of aliphatic hydroxyl groups excluding tert-OH is 1. The molecule has 2 aromatic heterocycles. The van der Waals surface area contributed by atoms with Crippen molar-refractivity contribution < 1.29 is 18.8 Å². The molecule has 2 rings (SSSR count). The van der Waals surface area contributed by atoms with E-state index in [0.29, 0.717) is 36.9 Å². The third-order valence-corrected chi connectivity index (χ3v) is 3.17. The van der Waals surface area contributed by atoms with Crippen LogP contribution in [0.2, 0.25) is 0 Å². The second-order valence-electron chi connectivity index (χ2n) is 5.48. The van der Waals surface area contributed by atoms with Gasteiger partial charge in [0, 0.05) is 19.4 Å². The molecule has 0 bridgehead atoms. The molecule has 22 heavy (non-hydrogen) atoms. The summed E-state index contributed by atoms with van der Waals surface area (Å²) < 4.78 is 10.3. The summed E-state index contributed by atoms with van der Waals surface area (Å²) in [7, 11) is 0. The third-order valence-electron chi connectivity index (χ3n) is 3.17. The summed E-state index contributed by atoms with van der Waals surface area (Å²) >= 11 is 0. The van der Waals surface area contributed by atoms with Gasteiger partial charge < -0.3 is 19.4 Å². The van der Waals surface area contributed by atoms with Gasteiger partial charge in [-0.05, 0) is 31.4 Å². The molecule has 0 saturated carbocycles. The van der Waals surface area contributed by atoms with Gasteiger partial charge >= 0.3 is 0 Å². The Balaban J connectivity index is 1.72. The second kappa shape index (κ2) is 7.74. The number of carbonyl (C=O) groups is 1. The number of hydrogen-bond acceptors (Lipinski definition) is 6. The van der Waals surface area contributed by atoms with Crippen LogP contribution < -0.4 is 5.32 Å². The molecule has 0 spiro atoms. The van der Waals surface area contributed by atoms with Gasteiger partial charge in [0.1, 0.15) is 0 Å². The summed E-state index contributed by atoms with van der Waals surface area (Å²) in [4.78, 5) is 15.9. The fourth-order valence-corrected chi connectivity index (χ4v) is 2.12. The van der Waals surface area contributed by atoms with E-state index in [0.717, 1.165) is 0 Å². The van der Waals surface area contributed by atoms with Crippen LogP contribution in [0.4, 0.5) is 0 Å². The summed E-state index contributed by atoms with van der Waals surface area (Å²) in [6.45, 7) is 4.27. The lowest BCUT2D eigenvalue weighted by Crippen LogP contribution is -2.29. The summed E-state index contributed by atoms with van der Waals surface area (Å²) in [5.41, 5.74) is 0. The standard InChI is InChI=1S/C15H21N3O4/c1-10(8-11(2)19)9-16-13(20)5-6-14-17-15(18-22-14)12-4-3-7-21-12/h3-4,7,10-11,19H,5-6,8-9H2,1-2H3,(H,16,20)/t10-,11+/m0/s1. The first kappa shape index (κ1) is 16.2. The van der Waals surface area contributed by atoms with E-state index in [-0.39, 0.29) is 24.3 Å². The van der Waals surface area contributed by atoms with Crippen molar-refractivity contribution in [3.05, 3.63) is 24.3 Å². The Morgan fingerprint density at radius 3 is 2.95 bits per heavy atom. The van der Waals surface area contributed by atoms with Gasteiger partial charge in [0.05, 0.1) is 12.4 Å². The number of aryl methyl sites for hydroxylation is 1. The first-order chi connectivity index (χ1) is 10.5. The van der Waals surface area contributed by atoms with E-state index in [1.54, 1.807) is 19.1 Å². The van der Waals surface area contributed by atoms with Crippen molar-refractivity contribution in [2.24, 2.45) is 5.92 Å². The van der Waals surface area contributed by atoms with Gasteiger partial charge in [0.2, 0.25) is 17.6 Å². The fraction of sp³-hybridized carbons (Fsp3) is 0.533. The fourth-order valence-electron chi connectivity index (χ4n) is 2.12. The van der Waals surface area contributed by atoms with E-state index in [4.69, 9.17) is 8.94 Å². The summed E-state index contributed by atoms with van der Waals surface area (Å²) in [5.74, 6) is 1.48. The number of aliphatic hydroxyl groups is 1. The van der Waals surface area contributed by atoms with Gasteiger partial charge in [-0.1, -0.05) is 12.1 Å². The van der Waals surface area contributed by atoms with Crippen molar-refractivity contribution in [2.75, 3.05) is 6.54 Å². The van der Waals surface area contributed by atoms with Gasteiger partial charge in [-0.3, -0.25) is 4.79 Å². The molecule has 1 amide bonds.